The summed E-state index contributed by atoms with van der Waals surface area (Å²) in [6, 6.07) is 1.54. The lowest BCUT2D eigenvalue weighted by atomic mass is 10.0. The molecule has 0 aliphatic rings. The van der Waals surface area contributed by atoms with Crippen LogP contribution in [0.1, 0.15) is 32.3 Å². The summed E-state index contributed by atoms with van der Waals surface area (Å²) in [7, 11) is 0. The molecule has 0 fully saturated rings. The van der Waals surface area contributed by atoms with Crippen molar-refractivity contribution >= 4 is 42.3 Å². The lowest BCUT2D eigenvalue weighted by molar-refractivity contribution is -0.142. The number of rotatable bonds is 15. The molecule has 11 N–H and O–H groups in total. The molecule has 0 bridgehead atoms. The molecule has 0 aromatic heterocycles. The number of phenols is 1. The highest BCUT2D eigenvalue weighted by Crippen LogP contribution is 2.12. The van der Waals surface area contributed by atoms with E-state index in [-0.39, 0.29) is 36.2 Å². The van der Waals surface area contributed by atoms with E-state index in [2.05, 4.69) is 33.6 Å². The average Bonchev–Trinajstić information content (AvgIpc) is 2.83. The number of carbonyl (C=O) groups is 4. The van der Waals surface area contributed by atoms with Gasteiger partial charge in [-0.15, -0.1) is 0 Å². The number of aliphatic carboxylic acids is 1. The number of carboxylic acids is 1. The Bertz CT molecular complexity index is 953. The first-order valence-corrected chi connectivity index (χ1v) is 12.3. The van der Waals surface area contributed by atoms with Crippen molar-refractivity contribution < 1.29 is 29.4 Å². The molecule has 0 aliphatic carbocycles. The standard InChI is InChI=1S/C23H37N7O6S/c1-12(2)18(30-19(32)15(24)4-3-9-27-23(25)26)21(34)29-17(11-37)20(33)28-16(22(35)36)10-13-5-7-14(31)8-6-13/h5-8,12,15-18,31,37H,3-4,9-11,24H2,1-2H3,(H,28,33)(H,29,34)(H,30,32)(H,35,36)(H4,25,26,27). The Morgan fingerprint density at radius 2 is 1.57 bits per heavy atom. The quantitative estimate of drug-likeness (QED) is 0.0541. The Morgan fingerprint density at radius 1 is 0.973 bits per heavy atom. The van der Waals surface area contributed by atoms with Crippen LogP contribution < -0.4 is 33.2 Å². The predicted molar refractivity (Wildman–Crippen MR) is 142 cm³/mol. The van der Waals surface area contributed by atoms with E-state index in [4.69, 9.17) is 17.2 Å². The topological polar surface area (TPSA) is 235 Å². The molecule has 206 valence electrons. The van der Waals surface area contributed by atoms with Crippen LogP contribution in [0.5, 0.6) is 5.75 Å². The molecule has 0 saturated carbocycles. The highest BCUT2D eigenvalue weighted by molar-refractivity contribution is 7.80. The van der Waals surface area contributed by atoms with E-state index in [1.54, 1.807) is 13.8 Å². The normalized spacial score (nSPS) is 14.1. The van der Waals surface area contributed by atoms with Gasteiger partial charge in [0.25, 0.3) is 0 Å². The molecule has 1 rings (SSSR count). The number of thiol groups is 1. The summed E-state index contributed by atoms with van der Waals surface area (Å²) in [6.07, 6.45) is 0.705. The maximum absolute atomic E-state index is 12.9. The molecular formula is C23H37N7O6S. The van der Waals surface area contributed by atoms with Crippen LogP contribution >= 0.6 is 12.6 Å². The zero-order valence-corrected chi connectivity index (χ0v) is 21.8. The molecule has 0 heterocycles. The van der Waals surface area contributed by atoms with Crippen LogP contribution in [0.2, 0.25) is 0 Å². The fourth-order valence-electron chi connectivity index (χ4n) is 3.24. The summed E-state index contributed by atoms with van der Waals surface area (Å²) in [5.74, 6) is -3.72. The number of carboxylic acid groups (broad SMARTS) is 1. The number of nitrogens with two attached hydrogens (primary N) is 3. The third-order valence-electron chi connectivity index (χ3n) is 5.36. The lowest BCUT2D eigenvalue weighted by Crippen LogP contribution is -2.59. The largest absolute Gasteiger partial charge is 0.508 e. The van der Waals surface area contributed by atoms with Gasteiger partial charge in [0.1, 0.15) is 23.9 Å². The summed E-state index contributed by atoms with van der Waals surface area (Å²) in [4.78, 5) is 53.7. The smallest absolute Gasteiger partial charge is 0.326 e. The number of hydrogen-bond acceptors (Lipinski definition) is 8. The number of amides is 3. The summed E-state index contributed by atoms with van der Waals surface area (Å²) >= 11 is 4.11. The number of nitrogens with zero attached hydrogens (tertiary/aromatic N) is 1. The zero-order valence-electron chi connectivity index (χ0n) is 20.9. The number of hydrogen-bond donors (Lipinski definition) is 9. The molecule has 14 heteroatoms. The number of guanidine groups is 1. The van der Waals surface area contributed by atoms with Crippen LogP contribution in [0.25, 0.3) is 0 Å². The van der Waals surface area contributed by atoms with Crippen molar-refractivity contribution in [2.75, 3.05) is 12.3 Å². The van der Waals surface area contributed by atoms with Gasteiger partial charge in [-0.1, -0.05) is 26.0 Å². The Morgan fingerprint density at radius 3 is 2.08 bits per heavy atom. The molecule has 0 spiro atoms. The van der Waals surface area contributed by atoms with Gasteiger partial charge in [0.2, 0.25) is 17.7 Å². The van der Waals surface area contributed by atoms with Crippen molar-refractivity contribution in [1.29, 1.82) is 0 Å². The summed E-state index contributed by atoms with van der Waals surface area (Å²) in [5.41, 5.74) is 17.0. The molecule has 3 amide bonds. The van der Waals surface area contributed by atoms with Gasteiger partial charge in [-0.2, -0.15) is 12.6 Å². The Kier molecular flexibility index (Phi) is 13.3. The molecule has 1 aromatic rings. The molecule has 4 unspecified atom stereocenters. The first kappa shape index (κ1) is 31.5. The second-order valence-electron chi connectivity index (χ2n) is 8.80. The molecule has 13 nitrogen and oxygen atoms in total. The number of nitrogens with one attached hydrogen (secondary N) is 3. The zero-order chi connectivity index (χ0) is 28.1. The van der Waals surface area contributed by atoms with Crippen molar-refractivity contribution in [2.24, 2.45) is 28.1 Å². The van der Waals surface area contributed by atoms with Crippen LogP contribution in [-0.4, -0.2) is 76.3 Å². The highest BCUT2D eigenvalue weighted by atomic mass is 32.1. The van der Waals surface area contributed by atoms with Gasteiger partial charge in [0.05, 0.1) is 6.04 Å². The second kappa shape index (κ2) is 15.6. The lowest BCUT2D eigenvalue weighted by Gasteiger charge is -2.26. The van der Waals surface area contributed by atoms with Gasteiger partial charge in [0.15, 0.2) is 5.96 Å². The van der Waals surface area contributed by atoms with Crippen molar-refractivity contribution in [3.8, 4) is 5.75 Å². The van der Waals surface area contributed by atoms with Gasteiger partial charge in [-0.05, 0) is 36.5 Å². The van der Waals surface area contributed by atoms with E-state index in [0.29, 0.717) is 18.5 Å². The van der Waals surface area contributed by atoms with Crippen molar-refractivity contribution in [3.63, 3.8) is 0 Å². The van der Waals surface area contributed by atoms with E-state index in [9.17, 15) is 29.4 Å². The van der Waals surface area contributed by atoms with Crippen LogP contribution in [0, 0.1) is 5.92 Å². The van der Waals surface area contributed by atoms with Crippen molar-refractivity contribution in [1.82, 2.24) is 16.0 Å². The molecule has 1 aromatic carbocycles. The van der Waals surface area contributed by atoms with Crippen molar-refractivity contribution in [3.05, 3.63) is 29.8 Å². The van der Waals surface area contributed by atoms with E-state index >= 15 is 0 Å². The molecule has 4 atom stereocenters. The number of carbonyl (C=O) groups excluding carboxylic acids is 3. The minimum Gasteiger partial charge on any atom is -0.508 e. The average molecular weight is 540 g/mol. The van der Waals surface area contributed by atoms with Crippen LogP contribution in [0.3, 0.4) is 0 Å². The van der Waals surface area contributed by atoms with Gasteiger partial charge in [0, 0.05) is 18.7 Å². The molecule has 37 heavy (non-hydrogen) atoms. The van der Waals surface area contributed by atoms with E-state index in [1.165, 1.54) is 24.3 Å². The fraction of sp³-hybridized carbons (Fsp3) is 0.522. The van der Waals surface area contributed by atoms with E-state index in [1.807, 2.05) is 0 Å². The Labute approximate surface area is 221 Å². The van der Waals surface area contributed by atoms with Gasteiger partial charge in [-0.25, -0.2) is 4.79 Å². The molecular weight excluding hydrogens is 502 g/mol. The number of benzene rings is 1. The fourth-order valence-corrected chi connectivity index (χ4v) is 3.50. The monoisotopic (exact) mass is 539 g/mol. The van der Waals surface area contributed by atoms with E-state index < -0.39 is 47.9 Å². The third-order valence-corrected chi connectivity index (χ3v) is 5.72. The summed E-state index contributed by atoms with van der Waals surface area (Å²) in [6.45, 7) is 3.73. The highest BCUT2D eigenvalue weighted by Gasteiger charge is 2.31. The summed E-state index contributed by atoms with van der Waals surface area (Å²) < 4.78 is 0. The minimum absolute atomic E-state index is 0.0243. The second-order valence-corrected chi connectivity index (χ2v) is 9.16. The number of aromatic hydroxyl groups is 1. The van der Waals surface area contributed by atoms with Crippen LogP contribution in [0.4, 0.5) is 0 Å². The predicted octanol–water partition coefficient (Wildman–Crippen LogP) is -1.56. The number of aliphatic imine (C=N–C) groups is 1. The molecule has 0 radical (unpaired) electrons. The first-order valence-electron chi connectivity index (χ1n) is 11.7. The Hall–Kier alpha value is -3.52. The number of phenolic OH excluding ortho intramolecular Hbond substituents is 1. The van der Waals surface area contributed by atoms with Gasteiger partial charge in [-0.3, -0.25) is 19.4 Å². The maximum Gasteiger partial charge on any atom is 0.326 e. The third kappa shape index (κ3) is 11.4. The van der Waals surface area contributed by atoms with Gasteiger partial charge < -0.3 is 43.4 Å². The van der Waals surface area contributed by atoms with Gasteiger partial charge >= 0.3 is 5.97 Å². The van der Waals surface area contributed by atoms with Crippen LogP contribution in [-0.2, 0) is 25.6 Å². The first-order chi connectivity index (χ1) is 17.3. The molecule has 0 aliphatic heterocycles. The Balaban J connectivity index is 2.78. The molecule has 0 saturated heterocycles. The summed E-state index contributed by atoms with van der Waals surface area (Å²) in [5, 5.41) is 26.4. The SMILES string of the molecule is CC(C)C(NC(=O)C(N)CCCN=C(N)N)C(=O)NC(CS)C(=O)NC(Cc1ccc(O)cc1)C(=O)O. The minimum atomic E-state index is -1.28. The van der Waals surface area contributed by atoms with Crippen LogP contribution in [0.15, 0.2) is 29.3 Å². The van der Waals surface area contributed by atoms with Crippen molar-refractivity contribution in [2.45, 2.75) is 57.3 Å². The maximum atomic E-state index is 12.9. The van der Waals surface area contributed by atoms with E-state index in [0.717, 1.165) is 0 Å².